The Morgan fingerprint density at radius 1 is 1.12 bits per heavy atom. The predicted molar refractivity (Wildman–Crippen MR) is 82.2 cm³/mol. The van der Waals surface area contributed by atoms with E-state index in [1.165, 1.54) is 0 Å². The van der Waals surface area contributed by atoms with E-state index in [9.17, 15) is 0 Å². The quantitative estimate of drug-likeness (QED) is 0.676. The highest BCUT2D eigenvalue weighted by Gasteiger charge is 2.17. The first-order chi connectivity index (χ1) is 7.99. The first-order valence-corrected chi connectivity index (χ1v) is 7.80. The Hall–Kier alpha value is 0.420. The molecule has 1 heterocycles. The van der Waals surface area contributed by atoms with Crippen molar-refractivity contribution in [1.82, 2.24) is 0 Å². The second-order valence-electron chi connectivity index (χ2n) is 3.42. The van der Waals surface area contributed by atoms with Crippen LogP contribution in [-0.4, -0.2) is 0 Å². The molecule has 90 valence electrons. The Morgan fingerprint density at radius 2 is 1.82 bits per heavy atom. The second kappa shape index (κ2) is 5.59. The fourth-order valence-corrected chi connectivity index (χ4v) is 4.83. The Kier molecular flexibility index (Phi) is 4.55. The molecule has 1 atom stereocenters. The summed E-state index contributed by atoms with van der Waals surface area (Å²) in [6.07, 6.45) is 0. The van der Waals surface area contributed by atoms with E-state index in [1.54, 1.807) is 29.5 Å². The zero-order valence-electron chi connectivity index (χ0n) is 8.38. The fraction of sp³-hybridized carbons (Fsp3) is 0.0909. The van der Waals surface area contributed by atoms with Crippen LogP contribution in [0.3, 0.4) is 0 Å². The Bertz CT molecular complexity index is 556. The molecule has 0 fully saturated rings. The Labute approximate surface area is 130 Å². The van der Waals surface area contributed by atoms with Crippen LogP contribution in [-0.2, 0) is 0 Å². The maximum atomic E-state index is 6.21. The van der Waals surface area contributed by atoms with Crippen molar-refractivity contribution in [2.75, 3.05) is 0 Å². The highest BCUT2D eigenvalue weighted by molar-refractivity contribution is 9.12. The van der Waals surface area contributed by atoms with Gasteiger partial charge in [0.2, 0.25) is 0 Å². The van der Waals surface area contributed by atoms with Crippen molar-refractivity contribution in [2.45, 2.75) is 6.04 Å². The summed E-state index contributed by atoms with van der Waals surface area (Å²) < 4.78 is 2.01. The second-order valence-corrected chi connectivity index (χ2v) is 8.02. The molecule has 0 aliphatic heterocycles. The lowest BCUT2D eigenvalue weighted by atomic mass is 10.0. The molecule has 17 heavy (non-hydrogen) atoms. The van der Waals surface area contributed by atoms with Gasteiger partial charge in [-0.3, -0.25) is 0 Å². The van der Waals surface area contributed by atoms with E-state index in [0.29, 0.717) is 10.0 Å². The van der Waals surface area contributed by atoms with Crippen LogP contribution < -0.4 is 5.73 Å². The number of hydrogen-bond acceptors (Lipinski definition) is 2. The summed E-state index contributed by atoms with van der Waals surface area (Å²) >= 11 is 20.6. The number of rotatable bonds is 2. The fourth-order valence-electron chi connectivity index (χ4n) is 1.49. The van der Waals surface area contributed by atoms with Gasteiger partial charge in [0.05, 0.1) is 13.6 Å². The van der Waals surface area contributed by atoms with Crippen molar-refractivity contribution in [3.8, 4) is 0 Å². The number of nitrogens with two attached hydrogens (primary N) is 1. The molecule has 1 aromatic carbocycles. The van der Waals surface area contributed by atoms with Gasteiger partial charge in [-0.1, -0.05) is 23.2 Å². The molecule has 1 aromatic heterocycles. The van der Waals surface area contributed by atoms with Crippen LogP contribution in [0.4, 0.5) is 0 Å². The molecule has 0 spiro atoms. The van der Waals surface area contributed by atoms with Crippen molar-refractivity contribution in [3.63, 3.8) is 0 Å². The van der Waals surface area contributed by atoms with Gasteiger partial charge in [-0.15, -0.1) is 11.3 Å². The zero-order chi connectivity index (χ0) is 12.6. The van der Waals surface area contributed by atoms with Gasteiger partial charge in [-0.2, -0.15) is 0 Å². The van der Waals surface area contributed by atoms with Gasteiger partial charge < -0.3 is 5.73 Å². The maximum absolute atomic E-state index is 6.21. The molecule has 0 radical (unpaired) electrons. The largest absolute Gasteiger partial charge is 0.320 e. The average Bonchev–Trinajstić information content (AvgIpc) is 2.60. The molecule has 2 aromatic rings. The molecular weight excluding hydrogens is 409 g/mol. The topological polar surface area (TPSA) is 26.0 Å². The highest BCUT2D eigenvalue weighted by atomic mass is 79.9. The van der Waals surface area contributed by atoms with E-state index in [2.05, 4.69) is 31.9 Å². The van der Waals surface area contributed by atoms with E-state index < -0.39 is 0 Å². The van der Waals surface area contributed by atoms with Gasteiger partial charge in [0.1, 0.15) is 0 Å². The van der Waals surface area contributed by atoms with Crippen molar-refractivity contribution >= 4 is 66.4 Å². The first-order valence-electron chi connectivity index (χ1n) is 4.64. The molecule has 0 saturated heterocycles. The molecule has 0 bridgehead atoms. The molecule has 0 amide bonds. The number of thiophene rings is 1. The van der Waals surface area contributed by atoms with E-state index in [0.717, 1.165) is 18.7 Å². The molecule has 0 saturated carbocycles. The minimum atomic E-state index is -0.293. The average molecular weight is 416 g/mol. The summed E-state index contributed by atoms with van der Waals surface area (Å²) in [7, 11) is 0. The molecule has 0 aliphatic rings. The SMILES string of the molecule is NC(c1cc(Cl)ccc1Cl)c1cc(Br)sc1Br. The Morgan fingerprint density at radius 3 is 2.41 bits per heavy atom. The third-order valence-electron chi connectivity index (χ3n) is 2.31. The summed E-state index contributed by atoms with van der Waals surface area (Å²) in [5.41, 5.74) is 8.03. The van der Waals surface area contributed by atoms with E-state index in [-0.39, 0.29) is 6.04 Å². The van der Waals surface area contributed by atoms with Crippen molar-refractivity contribution < 1.29 is 0 Å². The van der Waals surface area contributed by atoms with Crippen LogP contribution >= 0.6 is 66.4 Å². The molecular formula is C11H7Br2Cl2NS. The molecule has 1 nitrogen and oxygen atoms in total. The van der Waals surface area contributed by atoms with Crippen molar-refractivity contribution in [2.24, 2.45) is 5.73 Å². The Balaban J connectivity index is 2.46. The third kappa shape index (κ3) is 3.06. The van der Waals surface area contributed by atoms with Crippen LogP contribution in [0, 0.1) is 0 Å². The lowest BCUT2D eigenvalue weighted by Crippen LogP contribution is -2.12. The summed E-state index contributed by atoms with van der Waals surface area (Å²) in [6.45, 7) is 0. The number of halogens is 4. The minimum Gasteiger partial charge on any atom is -0.320 e. The van der Waals surface area contributed by atoms with Gasteiger partial charge in [0.15, 0.2) is 0 Å². The molecule has 6 heteroatoms. The van der Waals surface area contributed by atoms with Gasteiger partial charge in [-0.25, -0.2) is 0 Å². The molecule has 2 N–H and O–H groups in total. The molecule has 2 rings (SSSR count). The van der Waals surface area contributed by atoms with Crippen LogP contribution in [0.5, 0.6) is 0 Å². The van der Waals surface area contributed by atoms with Crippen LogP contribution in [0.15, 0.2) is 31.8 Å². The van der Waals surface area contributed by atoms with Gasteiger partial charge in [-0.05, 0) is 67.3 Å². The van der Waals surface area contributed by atoms with Crippen LogP contribution in [0.2, 0.25) is 10.0 Å². The zero-order valence-corrected chi connectivity index (χ0v) is 13.9. The van der Waals surface area contributed by atoms with Gasteiger partial charge in [0.25, 0.3) is 0 Å². The first kappa shape index (κ1) is 13.8. The molecule has 0 aliphatic carbocycles. The monoisotopic (exact) mass is 413 g/mol. The van der Waals surface area contributed by atoms with Crippen molar-refractivity contribution in [3.05, 3.63) is 53.0 Å². The smallest absolute Gasteiger partial charge is 0.0761 e. The van der Waals surface area contributed by atoms with E-state index in [1.807, 2.05) is 6.07 Å². The van der Waals surface area contributed by atoms with Crippen LogP contribution in [0.1, 0.15) is 17.2 Å². The summed E-state index contributed by atoms with van der Waals surface area (Å²) in [5.74, 6) is 0. The summed E-state index contributed by atoms with van der Waals surface area (Å²) in [6, 6.07) is 6.99. The summed E-state index contributed by atoms with van der Waals surface area (Å²) in [4.78, 5) is 0. The third-order valence-corrected chi connectivity index (χ3v) is 5.28. The lowest BCUT2D eigenvalue weighted by Gasteiger charge is -2.13. The van der Waals surface area contributed by atoms with Gasteiger partial charge in [0, 0.05) is 10.0 Å². The number of benzene rings is 1. The van der Waals surface area contributed by atoms with Crippen molar-refractivity contribution in [1.29, 1.82) is 0 Å². The number of hydrogen-bond donors (Lipinski definition) is 1. The van der Waals surface area contributed by atoms with E-state index >= 15 is 0 Å². The molecule has 1 unspecified atom stereocenters. The van der Waals surface area contributed by atoms with E-state index in [4.69, 9.17) is 28.9 Å². The standard InChI is InChI=1S/C11H7Br2Cl2NS/c12-9-4-7(11(13)17-9)10(16)6-3-5(14)1-2-8(6)15/h1-4,10H,16H2. The normalized spacial score (nSPS) is 12.8. The summed E-state index contributed by atoms with van der Waals surface area (Å²) in [5, 5.41) is 1.25. The predicted octanol–water partition coefficient (Wildman–Crippen LogP) is 5.63. The lowest BCUT2D eigenvalue weighted by molar-refractivity contribution is 0.872. The minimum absolute atomic E-state index is 0.293. The van der Waals surface area contributed by atoms with Crippen LogP contribution in [0.25, 0.3) is 0 Å². The van der Waals surface area contributed by atoms with Gasteiger partial charge >= 0.3 is 0 Å². The highest BCUT2D eigenvalue weighted by Crippen LogP contribution is 2.38. The maximum Gasteiger partial charge on any atom is 0.0761 e.